The molecule has 1 aromatic heterocycles. The molecule has 1 amide bonds. The summed E-state index contributed by atoms with van der Waals surface area (Å²) in [6.07, 6.45) is 3.13. The number of aliphatic hydroxyl groups is 1. The van der Waals surface area contributed by atoms with Gasteiger partial charge in [-0.05, 0) is 60.7 Å². The molecule has 0 saturated carbocycles. The van der Waals surface area contributed by atoms with Gasteiger partial charge in [0, 0.05) is 19.0 Å². The van der Waals surface area contributed by atoms with Crippen LogP contribution in [0.15, 0.2) is 59.2 Å². The molecule has 0 unspecified atom stereocenters. The van der Waals surface area contributed by atoms with Gasteiger partial charge in [0.2, 0.25) is 11.8 Å². The first-order chi connectivity index (χ1) is 16.8. The van der Waals surface area contributed by atoms with Crippen molar-refractivity contribution in [1.29, 1.82) is 0 Å². The smallest absolute Gasteiger partial charge is 0.416 e. The summed E-state index contributed by atoms with van der Waals surface area (Å²) in [4.78, 5) is 15.6. The van der Waals surface area contributed by atoms with E-state index in [1.807, 2.05) is 24.3 Å². The second-order valence-corrected chi connectivity index (χ2v) is 7.84. The van der Waals surface area contributed by atoms with Crippen LogP contribution in [0.2, 0.25) is 0 Å². The van der Waals surface area contributed by atoms with Crippen molar-refractivity contribution in [3.8, 4) is 5.75 Å². The Balaban J connectivity index is 1.40. The van der Waals surface area contributed by atoms with E-state index >= 15 is 0 Å². The van der Waals surface area contributed by atoms with Crippen molar-refractivity contribution in [2.24, 2.45) is 0 Å². The molecule has 0 aliphatic carbocycles. The van der Waals surface area contributed by atoms with Crippen LogP contribution in [0.3, 0.4) is 0 Å². The first-order valence-electron chi connectivity index (χ1n) is 11.2. The van der Waals surface area contributed by atoms with Crippen molar-refractivity contribution in [2.75, 3.05) is 13.2 Å². The quantitative estimate of drug-likeness (QED) is 0.340. The summed E-state index contributed by atoms with van der Waals surface area (Å²) in [7, 11) is 0. The molecule has 0 saturated heterocycles. The number of ether oxygens (including phenoxy) is 1. The highest BCUT2D eigenvalue weighted by atomic mass is 19.4. The van der Waals surface area contributed by atoms with Gasteiger partial charge in [0.25, 0.3) is 0 Å². The number of nitrogens with one attached hydrogen (secondary N) is 1. The molecule has 186 valence electrons. The summed E-state index contributed by atoms with van der Waals surface area (Å²) in [6, 6.07) is 12.6. The van der Waals surface area contributed by atoms with E-state index in [-0.39, 0.29) is 25.5 Å². The van der Waals surface area contributed by atoms with E-state index in [1.165, 1.54) is 18.4 Å². The minimum absolute atomic E-state index is 0.135. The first-order valence-corrected chi connectivity index (χ1v) is 11.2. The lowest BCUT2D eigenvalue weighted by Crippen LogP contribution is -2.24. The molecule has 0 radical (unpaired) electrons. The zero-order valence-electron chi connectivity index (χ0n) is 19.1. The van der Waals surface area contributed by atoms with Gasteiger partial charge in [-0.15, -0.1) is 0 Å². The number of amides is 1. The summed E-state index contributed by atoms with van der Waals surface area (Å²) in [6.45, 7) is 0.671. The van der Waals surface area contributed by atoms with Crippen molar-refractivity contribution in [1.82, 2.24) is 10.3 Å². The van der Waals surface area contributed by atoms with Crippen LogP contribution in [0.1, 0.15) is 47.5 Å². The molecule has 3 rings (SSSR count). The summed E-state index contributed by atoms with van der Waals surface area (Å²) in [5, 5.41) is 11.5. The van der Waals surface area contributed by atoms with Crippen LogP contribution in [0.25, 0.3) is 12.2 Å². The highest BCUT2D eigenvalue weighted by molar-refractivity contribution is 5.75. The topological polar surface area (TPSA) is 84.6 Å². The lowest BCUT2D eigenvalue weighted by molar-refractivity contribution is -0.137. The van der Waals surface area contributed by atoms with Crippen LogP contribution >= 0.6 is 0 Å². The monoisotopic (exact) mass is 488 g/mol. The van der Waals surface area contributed by atoms with Gasteiger partial charge < -0.3 is 19.6 Å². The second-order valence-electron chi connectivity index (χ2n) is 7.84. The molecule has 0 atom stereocenters. The Kier molecular flexibility index (Phi) is 9.48. The fourth-order valence-electron chi connectivity index (χ4n) is 3.20. The molecule has 0 bridgehead atoms. The zero-order chi connectivity index (χ0) is 25.1. The molecule has 1 heterocycles. The Morgan fingerprint density at radius 2 is 1.80 bits per heavy atom. The number of alkyl halides is 3. The van der Waals surface area contributed by atoms with Crippen molar-refractivity contribution in [2.45, 2.75) is 38.5 Å². The molecular formula is C26H27F3N2O4. The van der Waals surface area contributed by atoms with Crippen molar-refractivity contribution >= 4 is 18.1 Å². The van der Waals surface area contributed by atoms with Gasteiger partial charge in [-0.1, -0.05) is 24.3 Å². The molecule has 9 heteroatoms. The number of rotatable bonds is 12. The maximum Gasteiger partial charge on any atom is 0.416 e. The van der Waals surface area contributed by atoms with Gasteiger partial charge in [0.15, 0.2) is 0 Å². The van der Waals surface area contributed by atoms with Gasteiger partial charge in [-0.25, -0.2) is 4.98 Å². The van der Waals surface area contributed by atoms with Crippen molar-refractivity contribution in [3.05, 3.63) is 83.1 Å². The van der Waals surface area contributed by atoms with Crippen molar-refractivity contribution in [3.63, 3.8) is 0 Å². The predicted molar refractivity (Wildman–Crippen MR) is 125 cm³/mol. The van der Waals surface area contributed by atoms with Gasteiger partial charge in [0.1, 0.15) is 24.3 Å². The van der Waals surface area contributed by atoms with E-state index in [1.54, 1.807) is 12.2 Å². The number of halogens is 3. The Morgan fingerprint density at radius 1 is 1.06 bits per heavy atom. The third kappa shape index (κ3) is 8.94. The molecular weight excluding hydrogens is 461 g/mol. The normalized spacial score (nSPS) is 11.7. The fourth-order valence-corrected chi connectivity index (χ4v) is 3.20. The number of aliphatic hydroxyl groups excluding tert-OH is 1. The summed E-state index contributed by atoms with van der Waals surface area (Å²) in [5.74, 6) is 0.879. The molecule has 0 aliphatic heterocycles. The third-order valence-electron chi connectivity index (χ3n) is 5.09. The van der Waals surface area contributed by atoms with E-state index in [0.29, 0.717) is 29.4 Å². The molecule has 2 N–H and O–H groups in total. The molecule has 0 aliphatic rings. The Labute approximate surface area is 201 Å². The van der Waals surface area contributed by atoms with Crippen LogP contribution in [-0.2, 0) is 24.0 Å². The van der Waals surface area contributed by atoms with Crippen molar-refractivity contribution < 1.29 is 32.2 Å². The van der Waals surface area contributed by atoms with E-state index in [0.717, 1.165) is 37.0 Å². The van der Waals surface area contributed by atoms with Gasteiger partial charge in [-0.2, -0.15) is 13.2 Å². The number of oxazole rings is 1. The summed E-state index contributed by atoms with van der Waals surface area (Å²) < 4.78 is 49.0. The van der Waals surface area contributed by atoms with Crippen LogP contribution < -0.4 is 10.1 Å². The first kappa shape index (κ1) is 26.0. The van der Waals surface area contributed by atoms with Gasteiger partial charge in [0.05, 0.1) is 12.2 Å². The predicted octanol–water partition coefficient (Wildman–Crippen LogP) is 5.26. The Hall–Kier alpha value is -3.59. The average molecular weight is 489 g/mol. The lowest BCUT2D eigenvalue weighted by atomic mass is 10.1. The maximum atomic E-state index is 12.6. The summed E-state index contributed by atoms with van der Waals surface area (Å²) in [5.41, 5.74) is 1.65. The average Bonchev–Trinajstić information content (AvgIpc) is 3.30. The number of benzene rings is 2. The van der Waals surface area contributed by atoms with Crippen LogP contribution in [-0.4, -0.2) is 29.1 Å². The van der Waals surface area contributed by atoms with E-state index < -0.39 is 11.7 Å². The number of aromatic nitrogens is 1. The maximum absolute atomic E-state index is 12.6. The lowest BCUT2D eigenvalue weighted by Gasteiger charge is -2.06. The number of hydrogen-bond acceptors (Lipinski definition) is 5. The molecule has 35 heavy (non-hydrogen) atoms. The Bertz CT molecular complexity index is 1090. The van der Waals surface area contributed by atoms with E-state index in [9.17, 15) is 18.0 Å². The minimum Gasteiger partial charge on any atom is -0.487 e. The highest BCUT2D eigenvalue weighted by Gasteiger charge is 2.29. The SMILES string of the molecule is O=C(CCO)NCCCCc1ccc(OCc2coc(/C=C/c3ccc(C(F)(F)F)cc3)n2)cc1. The molecule has 2 aromatic carbocycles. The number of aryl methyl sites for hydroxylation is 1. The third-order valence-corrected chi connectivity index (χ3v) is 5.09. The van der Waals surface area contributed by atoms with Crippen LogP contribution in [0.4, 0.5) is 13.2 Å². The highest BCUT2D eigenvalue weighted by Crippen LogP contribution is 2.29. The number of unbranched alkanes of at least 4 members (excludes halogenated alkanes) is 1. The number of nitrogens with zero attached hydrogens (tertiary/aromatic N) is 1. The molecule has 3 aromatic rings. The number of carbonyl (C=O) groups is 1. The van der Waals surface area contributed by atoms with E-state index in [4.69, 9.17) is 14.3 Å². The fraction of sp³-hybridized carbons (Fsp3) is 0.308. The standard InChI is InChI=1S/C26H27F3N2O4/c27-26(28,29)21-9-4-20(5-10-21)8-13-25-31-22(18-35-25)17-34-23-11-6-19(7-12-23)3-1-2-15-30-24(33)14-16-32/h4-13,18,32H,1-3,14-17H2,(H,30,33)/b13-8+. The number of carbonyl (C=O) groups excluding carboxylic acids is 1. The van der Waals surface area contributed by atoms with E-state index in [2.05, 4.69) is 10.3 Å². The van der Waals surface area contributed by atoms with Gasteiger partial charge >= 0.3 is 6.18 Å². The number of hydrogen-bond donors (Lipinski definition) is 2. The molecule has 0 fully saturated rings. The van der Waals surface area contributed by atoms with Gasteiger partial charge in [-0.3, -0.25) is 4.79 Å². The second kappa shape index (κ2) is 12.8. The van der Waals surface area contributed by atoms with Crippen LogP contribution in [0, 0.1) is 0 Å². The molecule has 6 nitrogen and oxygen atoms in total. The molecule has 0 spiro atoms. The zero-order valence-corrected chi connectivity index (χ0v) is 19.1. The summed E-state index contributed by atoms with van der Waals surface area (Å²) >= 11 is 0. The minimum atomic E-state index is -4.36. The largest absolute Gasteiger partial charge is 0.487 e. The van der Waals surface area contributed by atoms with Crippen LogP contribution in [0.5, 0.6) is 5.75 Å². The Morgan fingerprint density at radius 3 is 2.49 bits per heavy atom.